The average molecular weight is 284 g/mol. The average Bonchev–Trinajstić information content (AvgIpc) is 2.60. The quantitative estimate of drug-likeness (QED) is 0.686. The van der Waals surface area contributed by atoms with Crippen LogP contribution in [0.25, 0.3) is 24.3 Å². The first-order valence-electron chi connectivity index (χ1n) is 7.16. The molecule has 2 nitrogen and oxygen atoms in total. The van der Waals surface area contributed by atoms with Gasteiger partial charge in [-0.1, -0.05) is 42.5 Å². The third-order valence-corrected chi connectivity index (χ3v) is 3.26. The molecule has 0 unspecified atom stereocenters. The molecular weight excluding hydrogens is 268 g/mol. The van der Waals surface area contributed by atoms with E-state index in [4.69, 9.17) is 0 Å². The Hall–Kier alpha value is -3.00. The Bertz CT molecular complexity index is 710. The van der Waals surface area contributed by atoms with Gasteiger partial charge in [-0.2, -0.15) is 0 Å². The van der Waals surface area contributed by atoms with Crippen LogP contribution in [0.4, 0.5) is 0 Å². The lowest BCUT2D eigenvalue weighted by atomic mass is 10.1. The van der Waals surface area contributed by atoms with Crippen molar-refractivity contribution in [2.45, 2.75) is 0 Å². The maximum atomic E-state index is 4.02. The van der Waals surface area contributed by atoms with Gasteiger partial charge in [-0.25, -0.2) is 0 Å². The number of pyridine rings is 2. The Morgan fingerprint density at radius 2 is 0.909 bits per heavy atom. The molecule has 0 radical (unpaired) electrons. The Kier molecular flexibility index (Phi) is 4.53. The maximum absolute atomic E-state index is 4.02. The van der Waals surface area contributed by atoms with Gasteiger partial charge in [0.1, 0.15) is 0 Å². The minimum atomic E-state index is 1.15. The van der Waals surface area contributed by atoms with Gasteiger partial charge in [0.15, 0.2) is 0 Å². The predicted octanol–water partition coefficient (Wildman–Crippen LogP) is 4.82. The van der Waals surface area contributed by atoms with Crippen LogP contribution in [-0.4, -0.2) is 9.97 Å². The van der Waals surface area contributed by atoms with Crippen molar-refractivity contribution >= 4 is 24.3 Å². The van der Waals surface area contributed by atoms with Crippen molar-refractivity contribution < 1.29 is 0 Å². The fourth-order valence-corrected chi connectivity index (χ4v) is 2.10. The van der Waals surface area contributed by atoms with E-state index in [1.165, 1.54) is 11.1 Å². The van der Waals surface area contributed by atoms with Crippen LogP contribution >= 0.6 is 0 Å². The summed E-state index contributed by atoms with van der Waals surface area (Å²) in [6.07, 6.45) is 15.6. The molecule has 0 fully saturated rings. The van der Waals surface area contributed by atoms with Crippen LogP contribution in [-0.2, 0) is 0 Å². The molecule has 0 saturated heterocycles. The van der Waals surface area contributed by atoms with Crippen LogP contribution in [0.2, 0.25) is 0 Å². The summed E-state index contributed by atoms with van der Waals surface area (Å²) in [6, 6.07) is 16.4. The second-order valence-corrected chi connectivity index (χ2v) is 4.90. The summed E-state index contributed by atoms with van der Waals surface area (Å²) in [4.78, 5) is 8.04. The van der Waals surface area contributed by atoms with Gasteiger partial charge < -0.3 is 0 Å². The standard InChI is InChI=1S/C20H16N2/c1-2-19(6-4-17-8-12-21-13-9-17)16-20(3-1)7-5-18-10-14-22-15-11-18/h1-16H/b6-4+,7-5+. The van der Waals surface area contributed by atoms with Crippen LogP contribution in [0.1, 0.15) is 22.3 Å². The highest BCUT2D eigenvalue weighted by Gasteiger charge is 1.91. The Morgan fingerprint density at radius 1 is 0.500 bits per heavy atom. The van der Waals surface area contributed by atoms with Gasteiger partial charge in [0.25, 0.3) is 0 Å². The van der Waals surface area contributed by atoms with Gasteiger partial charge in [0.05, 0.1) is 0 Å². The lowest BCUT2D eigenvalue weighted by molar-refractivity contribution is 1.32. The lowest BCUT2D eigenvalue weighted by Gasteiger charge is -1.98. The van der Waals surface area contributed by atoms with Crippen molar-refractivity contribution in [3.05, 3.63) is 95.6 Å². The number of nitrogens with zero attached hydrogens (tertiary/aromatic N) is 2. The molecule has 2 heterocycles. The van der Waals surface area contributed by atoms with Crippen LogP contribution in [0.5, 0.6) is 0 Å². The van der Waals surface area contributed by atoms with Gasteiger partial charge in [-0.15, -0.1) is 0 Å². The predicted molar refractivity (Wildman–Crippen MR) is 92.8 cm³/mol. The van der Waals surface area contributed by atoms with Crippen molar-refractivity contribution in [2.24, 2.45) is 0 Å². The number of rotatable bonds is 4. The molecule has 0 saturated carbocycles. The molecule has 0 N–H and O–H groups in total. The highest BCUT2D eigenvalue weighted by Crippen LogP contribution is 2.13. The van der Waals surface area contributed by atoms with Crippen molar-refractivity contribution in [3.8, 4) is 0 Å². The minimum Gasteiger partial charge on any atom is -0.265 e. The highest BCUT2D eigenvalue weighted by atomic mass is 14.6. The smallest absolute Gasteiger partial charge is 0.0273 e. The molecule has 0 aliphatic carbocycles. The monoisotopic (exact) mass is 284 g/mol. The normalized spacial score (nSPS) is 11.3. The van der Waals surface area contributed by atoms with Crippen molar-refractivity contribution in [2.75, 3.05) is 0 Å². The molecule has 2 aromatic heterocycles. The first kappa shape index (κ1) is 14.0. The SMILES string of the molecule is C(=C\c1cccc(/C=C/c2ccncc2)c1)/c1ccncc1. The molecule has 0 amide bonds. The Labute approximate surface area is 130 Å². The summed E-state index contributed by atoms with van der Waals surface area (Å²) in [7, 11) is 0. The summed E-state index contributed by atoms with van der Waals surface area (Å²) >= 11 is 0. The Morgan fingerprint density at radius 3 is 1.36 bits per heavy atom. The Balaban J connectivity index is 1.75. The number of hydrogen-bond acceptors (Lipinski definition) is 2. The molecule has 3 aromatic rings. The second-order valence-electron chi connectivity index (χ2n) is 4.90. The molecule has 106 valence electrons. The van der Waals surface area contributed by atoms with Crippen LogP contribution in [0.3, 0.4) is 0 Å². The molecule has 1 aromatic carbocycles. The fraction of sp³-hybridized carbons (Fsp3) is 0. The molecule has 0 atom stereocenters. The van der Waals surface area contributed by atoms with E-state index in [1.807, 2.05) is 24.3 Å². The molecule has 0 spiro atoms. The first-order chi connectivity index (χ1) is 10.9. The zero-order valence-electron chi connectivity index (χ0n) is 12.1. The zero-order valence-corrected chi connectivity index (χ0v) is 12.1. The number of benzene rings is 1. The molecule has 22 heavy (non-hydrogen) atoms. The van der Waals surface area contributed by atoms with Crippen molar-refractivity contribution in [1.29, 1.82) is 0 Å². The van der Waals surface area contributed by atoms with Crippen LogP contribution in [0.15, 0.2) is 73.3 Å². The third-order valence-electron chi connectivity index (χ3n) is 3.26. The minimum absolute atomic E-state index is 1.15. The summed E-state index contributed by atoms with van der Waals surface area (Å²) in [5.74, 6) is 0. The van der Waals surface area contributed by atoms with Crippen LogP contribution in [0, 0.1) is 0 Å². The number of aromatic nitrogens is 2. The van der Waals surface area contributed by atoms with Gasteiger partial charge in [-0.05, 0) is 52.6 Å². The molecule has 0 aliphatic rings. The summed E-state index contributed by atoms with van der Waals surface area (Å²) in [6.45, 7) is 0. The lowest BCUT2D eigenvalue weighted by Crippen LogP contribution is -1.77. The van der Waals surface area contributed by atoms with Crippen molar-refractivity contribution in [3.63, 3.8) is 0 Å². The molecule has 0 bridgehead atoms. The topological polar surface area (TPSA) is 25.8 Å². The van der Waals surface area contributed by atoms with E-state index in [1.54, 1.807) is 24.8 Å². The van der Waals surface area contributed by atoms with E-state index in [9.17, 15) is 0 Å². The highest BCUT2D eigenvalue weighted by molar-refractivity contribution is 5.74. The molecule has 3 rings (SSSR count). The second kappa shape index (κ2) is 7.14. The third kappa shape index (κ3) is 4.00. The molecular formula is C20H16N2. The maximum Gasteiger partial charge on any atom is 0.0273 e. The van der Waals surface area contributed by atoms with Gasteiger partial charge in [0.2, 0.25) is 0 Å². The molecule has 2 heteroatoms. The van der Waals surface area contributed by atoms with Gasteiger partial charge >= 0.3 is 0 Å². The summed E-state index contributed by atoms with van der Waals surface area (Å²) in [5, 5.41) is 0. The first-order valence-corrected chi connectivity index (χ1v) is 7.16. The van der Waals surface area contributed by atoms with E-state index < -0.39 is 0 Å². The van der Waals surface area contributed by atoms with Gasteiger partial charge in [0, 0.05) is 24.8 Å². The fourth-order valence-electron chi connectivity index (χ4n) is 2.10. The largest absolute Gasteiger partial charge is 0.265 e. The summed E-state index contributed by atoms with van der Waals surface area (Å²) < 4.78 is 0. The number of hydrogen-bond donors (Lipinski definition) is 0. The van der Waals surface area contributed by atoms with E-state index in [0.717, 1.165) is 11.1 Å². The van der Waals surface area contributed by atoms with Crippen LogP contribution < -0.4 is 0 Å². The zero-order chi connectivity index (χ0) is 15.0. The van der Waals surface area contributed by atoms with E-state index in [-0.39, 0.29) is 0 Å². The summed E-state index contributed by atoms with van der Waals surface area (Å²) in [5.41, 5.74) is 4.64. The molecule has 0 aliphatic heterocycles. The van der Waals surface area contributed by atoms with E-state index >= 15 is 0 Å². The van der Waals surface area contributed by atoms with E-state index in [2.05, 4.69) is 58.5 Å². The van der Waals surface area contributed by atoms with Gasteiger partial charge in [-0.3, -0.25) is 9.97 Å². The van der Waals surface area contributed by atoms with Crippen molar-refractivity contribution in [1.82, 2.24) is 9.97 Å². The van der Waals surface area contributed by atoms with E-state index in [0.29, 0.717) is 0 Å².